The molecule has 110 valence electrons. The van der Waals surface area contributed by atoms with Crippen LogP contribution < -0.4 is 15.6 Å². The Morgan fingerprint density at radius 1 is 1.45 bits per heavy atom. The fourth-order valence-corrected chi connectivity index (χ4v) is 4.48. The van der Waals surface area contributed by atoms with Gasteiger partial charge in [-0.25, -0.2) is 4.98 Å². The number of rotatable bonds is 3. The highest BCUT2D eigenvalue weighted by Crippen LogP contribution is 2.63. The fourth-order valence-electron chi connectivity index (χ4n) is 4.48. The normalized spacial score (nSPS) is 34.2. The first-order chi connectivity index (χ1) is 9.38. The molecule has 5 nitrogen and oxygen atoms in total. The van der Waals surface area contributed by atoms with Gasteiger partial charge in [0.25, 0.3) is 5.56 Å². The second kappa shape index (κ2) is 4.24. The second-order valence-electron chi connectivity index (χ2n) is 7.11. The van der Waals surface area contributed by atoms with Crippen LogP contribution in [0.15, 0.2) is 11.1 Å². The number of anilines is 1. The molecule has 0 amide bonds. The van der Waals surface area contributed by atoms with Gasteiger partial charge in [-0.15, -0.1) is 0 Å². The van der Waals surface area contributed by atoms with Crippen molar-refractivity contribution in [1.29, 1.82) is 0 Å². The average molecular weight is 277 g/mol. The summed E-state index contributed by atoms with van der Waals surface area (Å²) in [6, 6.07) is 0.317. The summed E-state index contributed by atoms with van der Waals surface area (Å²) in [5, 5.41) is 3.51. The number of methoxy groups -OCH3 is 1. The van der Waals surface area contributed by atoms with Gasteiger partial charge >= 0.3 is 0 Å². The number of nitrogens with one attached hydrogen (secondary N) is 2. The molecule has 1 aromatic heterocycles. The Kier molecular flexibility index (Phi) is 2.85. The first-order valence-electron chi connectivity index (χ1n) is 7.27. The maximum Gasteiger partial charge on any atom is 0.295 e. The number of aromatic nitrogens is 2. The predicted octanol–water partition coefficient (Wildman–Crippen LogP) is 2.41. The Morgan fingerprint density at radius 2 is 2.20 bits per heavy atom. The Labute approximate surface area is 119 Å². The lowest BCUT2D eigenvalue weighted by Gasteiger charge is -2.43. The molecule has 0 saturated heterocycles. The lowest BCUT2D eigenvalue weighted by Crippen LogP contribution is -2.46. The molecule has 3 atom stereocenters. The number of hydrogen-bond donors (Lipinski definition) is 2. The molecule has 2 bridgehead atoms. The fraction of sp³-hybridized carbons (Fsp3) is 0.733. The molecule has 0 radical (unpaired) electrons. The van der Waals surface area contributed by atoms with Gasteiger partial charge in [0, 0.05) is 6.04 Å². The van der Waals surface area contributed by atoms with E-state index in [2.05, 4.69) is 36.1 Å². The van der Waals surface area contributed by atoms with Crippen LogP contribution in [0, 0.1) is 16.7 Å². The second-order valence-corrected chi connectivity index (χ2v) is 7.11. The summed E-state index contributed by atoms with van der Waals surface area (Å²) in [4.78, 5) is 18.6. The lowest BCUT2D eigenvalue weighted by atomic mass is 9.68. The molecule has 3 rings (SSSR count). The summed E-state index contributed by atoms with van der Waals surface area (Å²) < 4.78 is 5.20. The number of fused-ring (bicyclic) bond motifs is 2. The first kappa shape index (κ1) is 13.5. The van der Waals surface area contributed by atoms with Crippen molar-refractivity contribution < 1.29 is 4.74 Å². The largest absolute Gasteiger partial charge is 0.489 e. The SMILES string of the molecule is COc1c(NC2C3(C)CCC(C3)C2(C)C)nc[nH]c1=O. The van der Waals surface area contributed by atoms with E-state index < -0.39 is 0 Å². The van der Waals surface area contributed by atoms with E-state index in [-0.39, 0.29) is 22.1 Å². The molecule has 1 heterocycles. The van der Waals surface area contributed by atoms with Crippen LogP contribution in [0.1, 0.15) is 40.0 Å². The average Bonchev–Trinajstić information content (AvgIpc) is 2.86. The molecular weight excluding hydrogens is 254 g/mol. The summed E-state index contributed by atoms with van der Waals surface area (Å²) in [5.74, 6) is 1.58. The molecule has 2 aliphatic rings. The smallest absolute Gasteiger partial charge is 0.295 e. The van der Waals surface area contributed by atoms with Gasteiger partial charge in [-0.1, -0.05) is 20.8 Å². The van der Waals surface area contributed by atoms with Crippen molar-refractivity contribution in [2.45, 2.75) is 46.1 Å². The Bertz CT molecular complexity index is 576. The van der Waals surface area contributed by atoms with Gasteiger partial charge in [0.2, 0.25) is 5.75 Å². The van der Waals surface area contributed by atoms with E-state index in [1.807, 2.05) is 0 Å². The molecule has 3 unspecified atom stereocenters. The minimum atomic E-state index is -0.240. The molecular formula is C15H23N3O2. The van der Waals surface area contributed by atoms with Crippen LogP contribution in [0.2, 0.25) is 0 Å². The Morgan fingerprint density at radius 3 is 2.80 bits per heavy atom. The molecule has 2 saturated carbocycles. The number of aromatic amines is 1. The van der Waals surface area contributed by atoms with Crippen LogP contribution in [0.25, 0.3) is 0 Å². The highest BCUT2D eigenvalue weighted by Gasteiger charge is 2.59. The topological polar surface area (TPSA) is 67.0 Å². The van der Waals surface area contributed by atoms with Crippen LogP contribution in [0.4, 0.5) is 5.82 Å². The van der Waals surface area contributed by atoms with Crippen molar-refractivity contribution in [1.82, 2.24) is 9.97 Å². The van der Waals surface area contributed by atoms with E-state index in [4.69, 9.17) is 4.74 Å². The molecule has 1 aromatic rings. The van der Waals surface area contributed by atoms with Gasteiger partial charge in [0.15, 0.2) is 5.82 Å². The quantitative estimate of drug-likeness (QED) is 0.890. The van der Waals surface area contributed by atoms with Crippen LogP contribution >= 0.6 is 0 Å². The van der Waals surface area contributed by atoms with Crippen molar-refractivity contribution in [3.8, 4) is 5.75 Å². The summed E-state index contributed by atoms with van der Waals surface area (Å²) in [6.45, 7) is 6.98. The zero-order chi connectivity index (χ0) is 14.5. The van der Waals surface area contributed by atoms with Crippen LogP contribution in [-0.4, -0.2) is 23.1 Å². The van der Waals surface area contributed by atoms with Gasteiger partial charge in [-0.3, -0.25) is 4.79 Å². The third-order valence-corrected chi connectivity index (χ3v) is 5.57. The molecule has 0 aromatic carbocycles. The van der Waals surface area contributed by atoms with Crippen molar-refractivity contribution in [3.05, 3.63) is 16.7 Å². The highest BCUT2D eigenvalue weighted by atomic mass is 16.5. The zero-order valence-corrected chi connectivity index (χ0v) is 12.6. The van der Waals surface area contributed by atoms with Crippen LogP contribution in [0.3, 0.4) is 0 Å². The summed E-state index contributed by atoms with van der Waals surface area (Å²) in [6.07, 6.45) is 5.23. The minimum absolute atomic E-state index is 0.211. The zero-order valence-electron chi connectivity index (χ0n) is 12.6. The molecule has 2 fully saturated rings. The van der Waals surface area contributed by atoms with Crippen molar-refractivity contribution >= 4 is 5.82 Å². The van der Waals surface area contributed by atoms with Gasteiger partial charge in [0.05, 0.1) is 13.4 Å². The van der Waals surface area contributed by atoms with E-state index in [0.717, 1.165) is 5.92 Å². The third-order valence-electron chi connectivity index (χ3n) is 5.57. The van der Waals surface area contributed by atoms with Crippen LogP contribution in [-0.2, 0) is 0 Å². The molecule has 2 N–H and O–H groups in total. The van der Waals surface area contributed by atoms with Gasteiger partial charge in [-0.2, -0.15) is 0 Å². The molecule has 5 heteroatoms. The standard InChI is InChI=1S/C15H23N3O2/c1-14(2)9-5-6-15(3,7-9)13(14)18-11-10(20-4)12(19)17-8-16-11/h8-9,13H,5-7H2,1-4H3,(H2,16,17,18,19). The molecule has 0 aliphatic heterocycles. The van der Waals surface area contributed by atoms with Gasteiger partial charge in [-0.05, 0) is 36.0 Å². The maximum atomic E-state index is 11.8. The van der Waals surface area contributed by atoms with E-state index >= 15 is 0 Å². The minimum Gasteiger partial charge on any atom is -0.489 e. The molecule has 0 spiro atoms. The Hall–Kier alpha value is -1.52. The van der Waals surface area contributed by atoms with Gasteiger partial charge in [0.1, 0.15) is 0 Å². The molecule has 2 aliphatic carbocycles. The predicted molar refractivity (Wildman–Crippen MR) is 78.0 cm³/mol. The van der Waals surface area contributed by atoms with Crippen molar-refractivity contribution in [2.24, 2.45) is 16.7 Å². The number of H-pyrrole nitrogens is 1. The summed E-state index contributed by atoms with van der Waals surface area (Å²) in [7, 11) is 1.51. The van der Waals surface area contributed by atoms with Crippen molar-refractivity contribution in [3.63, 3.8) is 0 Å². The van der Waals surface area contributed by atoms with E-state index in [0.29, 0.717) is 11.9 Å². The lowest BCUT2D eigenvalue weighted by molar-refractivity contribution is 0.155. The first-order valence-corrected chi connectivity index (χ1v) is 7.27. The summed E-state index contributed by atoms with van der Waals surface area (Å²) >= 11 is 0. The summed E-state index contributed by atoms with van der Waals surface area (Å²) in [5.41, 5.74) is 0.252. The van der Waals surface area contributed by atoms with E-state index in [9.17, 15) is 4.79 Å². The molecule has 20 heavy (non-hydrogen) atoms. The van der Waals surface area contributed by atoms with Crippen molar-refractivity contribution in [2.75, 3.05) is 12.4 Å². The monoisotopic (exact) mass is 277 g/mol. The van der Waals surface area contributed by atoms with Gasteiger partial charge < -0.3 is 15.0 Å². The van der Waals surface area contributed by atoms with Crippen LogP contribution in [0.5, 0.6) is 5.75 Å². The van der Waals surface area contributed by atoms with E-state index in [1.54, 1.807) is 0 Å². The number of nitrogens with zero attached hydrogens (tertiary/aromatic N) is 1. The number of hydrogen-bond acceptors (Lipinski definition) is 4. The maximum absolute atomic E-state index is 11.8. The third kappa shape index (κ3) is 1.75. The highest BCUT2D eigenvalue weighted by molar-refractivity contribution is 5.50. The number of ether oxygens (including phenoxy) is 1. The van der Waals surface area contributed by atoms with E-state index in [1.165, 1.54) is 32.7 Å². The Balaban J connectivity index is 1.96.